The Balaban J connectivity index is 2.48. The van der Waals surface area contributed by atoms with Gasteiger partial charge in [0.25, 0.3) is 0 Å². The van der Waals surface area contributed by atoms with Crippen LogP contribution in [0.3, 0.4) is 0 Å². The number of carboxylic acids is 1. The van der Waals surface area contributed by atoms with Crippen LogP contribution in [0.5, 0.6) is 0 Å². The average Bonchev–Trinajstić information content (AvgIpc) is 2.50. The summed E-state index contributed by atoms with van der Waals surface area (Å²) in [6.07, 6.45) is 1.18. The van der Waals surface area contributed by atoms with E-state index in [0.717, 1.165) is 19.6 Å². The molecule has 1 aliphatic rings. The molecule has 1 heterocycles. The minimum absolute atomic E-state index is 0.610. The molecule has 0 aromatic rings. The van der Waals surface area contributed by atoms with Crippen molar-refractivity contribution in [2.24, 2.45) is 5.92 Å². The lowest BCUT2D eigenvalue weighted by atomic mass is 10.0. The lowest BCUT2D eigenvalue weighted by Crippen LogP contribution is -2.49. The maximum atomic E-state index is 11.0. The second-order valence-electron chi connectivity index (χ2n) is 5.16. The maximum Gasteiger partial charge on any atom is 0.323 e. The van der Waals surface area contributed by atoms with Gasteiger partial charge in [0.05, 0.1) is 0 Å². The summed E-state index contributed by atoms with van der Waals surface area (Å²) in [5.41, 5.74) is -0.763. The fourth-order valence-electron chi connectivity index (χ4n) is 1.95. The summed E-state index contributed by atoms with van der Waals surface area (Å²) in [6, 6.07) is 0. The van der Waals surface area contributed by atoms with Crippen molar-refractivity contribution in [1.82, 2.24) is 9.80 Å². The highest BCUT2D eigenvalue weighted by molar-refractivity contribution is 5.77. The molecule has 0 aromatic carbocycles. The monoisotopic (exact) mass is 214 g/mol. The van der Waals surface area contributed by atoms with E-state index in [2.05, 4.69) is 11.9 Å². The number of hydrogen-bond donors (Lipinski definition) is 1. The van der Waals surface area contributed by atoms with Crippen molar-refractivity contribution in [3.63, 3.8) is 0 Å². The molecule has 0 saturated carbocycles. The Hall–Kier alpha value is -0.610. The largest absolute Gasteiger partial charge is 0.480 e. The molecule has 1 N–H and O–H groups in total. The summed E-state index contributed by atoms with van der Waals surface area (Å²) >= 11 is 0. The van der Waals surface area contributed by atoms with Gasteiger partial charge in [-0.2, -0.15) is 0 Å². The predicted molar refractivity (Wildman–Crippen MR) is 59.9 cm³/mol. The van der Waals surface area contributed by atoms with E-state index in [1.807, 2.05) is 11.9 Å². The number of carbonyl (C=O) groups is 1. The minimum atomic E-state index is -0.763. The summed E-state index contributed by atoms with van der Waals surface area (Å²) in [5.74, 6) is -0.144. The zero-order valence-corrected chi connectivity index (χ0v) is 10.2. The molecule has 4 heteroatoms. The molecule has 1 fully saturated rings. The van der Waals surface area contributed by atoms with Gasteiger partial charge in [-0.05, 0) is 46.8 Å². The van der Waals surface area contributed by atoms with Crippen molar-refractivity contribution in [2.75, 3.05) is 33.7 Å². The number of rotatable bonds is 4. The van der Waals surface area contributed by atoms with Crippen LogP contribution in [0.4, 0.5) is 0 Å². The highest BCUT2D eigenvalue weighted by Crippen LogP contribution is 2.20. The van der Waals surface area contributed by atoms with Gasteiger partial charge in [0, 0.05) is 13.1 Å². The molecule has 0 bridgehead atoms. The third-order valence-electron chi connectivity index (χ3n) is 3.50. The van der Waals surface area contributed by atoms with Gasteiger partial charge in [-0.15, -0.1) is 0 Å². The van der Waals surface area contributed by atoms with Crippen LogP contribution in [-0.4, -0.2) is 60.1 Å². The molecule has 1 atom stereocenters. The molecule has 0 radical (unpaired) electrons. The van der Waals surface area contributed by atoms with Gasteiger partial charge in [-0.3, -0.25) is 9.69 Å². The third-order valence-corrected chi connectivity index (χ3v) is 3.50. The summed E-state index contributed by atoms with van der Waals surface area (Å²) < 4.78 is 0. The fraction of sp³-hybridized carbons (Fsp3) is 0.909. The molecule has 4 nitrogen and oxygen atoms in total. The molecule has 0 aliphatic carbocycles. The summed E-state index contributed by atoms with van der Waals surface area (Å²) in [4.78, 5) is 15.3. The Bertz CT molecular complexity index is 241. The minimum Gasteiger partial charge on any atom is -0.480 e. The first-order chi connectivity index (χ1) is 6.84. The molecule has 1 rings (SSSR count). The maximum absolute atomic E-state index is 11.0. The number of likely N-dealkylation sites (N-methyl/N-ethyl adjacent to an activating group) is 1. The molecular weight excluding hydrogens is 192 g/mol. The molecule has 88 valence electrons. The molecule has 15 heavy (non-hydrogen) atoms. The number of aliphatic carboxylic acids is 1. The van der Waals surface area contributed by atoms with Crippen LogP contribution in [0.25, 0.3) is 0 Å². The van der Waals surface area contributed by atoms with Crippen molar-refractivity contribution in [3.05, 3.63) is 0 Å². The van der Waals surface area contributed by atoms with E-state index in [1.165, 1.54) is 6.42 Å². The van der Waals surface area contributed by atoms with Crippen molar-refractivity contribution >= 4 is 5.97 Å². The Kier molecular flexibility index (Phi) is 3.73. The number of likely N-dealkylation sites (tertiary alicyclic amines) is 1. The highest BCUT2D eigenvalue weighted by Gasteiger charge is 2.34. The van der Waals surface area contributed by atoms with E-state index in [9.17, 15) is 4.79 Å². The molecule has 0 amide bonds. The van der Waals surface area contributed by atoms with Gasteiger partial charge in [-0.25, -0.2) is 0 Å². The summed E-state index contributed by atoms with van der Waals surface area (Å²) in [6.45, 7) is 6.59. The van der Waals surface area contributed by atoms with E-state index in [1.54, 1.807) is 13.8 Å². The highest BCUT2D eigenvalue weighted by atomic mass is 16.4. The first kappa shape index (κ1) is 12.5. The molecule has 1 unspecified atom stereocenters. The van der Waals surface area contributed by atoms with Crippen molar-refractivity contribution in [3.8, 4) is 0 Å². The van der Waals surface area contributed by atoms with Crippen LogP contribution in [0.1, 0.15) is 20.3 Å². The summed E-state index contributed by atoms with van der Waals surface area (Å²) in [7, 11) is 4.01. The van der Waals surface area contributed by atoms with Crippen LogP contribution in [0.2, 0.25) is 0 Å². The fourth-order valence-corrected chi connectivity index (χ4v) is 1.95. The zero-order valence-electron chi connectivity index (χ0n) is 10.2. The van der Waals surface area contributed by atoms with Gasteiger partial charge in [0.15, 0.2) is 0 Å². The van der Waals surface area contributed by atoms with Crippen LogP contribution < -0.4 is 0 Å². The standard InChI is InChI=1S/C11H22N2O2/c1-11(2,10(14)15)13(4)8-9-5-6-12(3)7-9/h9H,5-8H2,1-4H3,(H,14,15). The van der Waals surface area contributed by atoms with Crippen molar-refractivity contribution < 1.29 is 9.90 Å². The van der Waals surface area contributed by atoms with Gasteiger partial charge in [0.1, 0.15) is 5.54 Å². The number of nitrogens with zero attached hydrogens (tertiary/aromatic N) is 2. The van der Waals surface area contributed by atoms with Gasteiger partial charge >= 0.3 is 5.97 Å². The Morgan fingerprint density at radius 3 is 2.60 bits per heavy atom. The Morgan fingerprint density at radius 1 is 1.60 bits per heavy atom. The van der Waals surface area contributed by atoms with Crippen molar-refractivity contribution in [1.29, 1.82) is 0 Å². The second-order valence-corrected chi connectivity index (χ2v) is 5.16. The third kappa shape index (κ3) is 2.92. The smallest absolute Gasteiger partial charge is 0.323 e. The normalized spacial score (nSPS) is 23.7. The Labute approximate surface area is 91.9 Å². The average molecular weight is 214 g/mol. The van der Waals surface area contributed by atoms with E-state index < -0.39 is 11.5 Å². The van der Waals surface area contributed by atoms with E-state index in [-0.39, 0.29) is 0 Å². The van der Waals surface area contributed by atoms with E-state index >= 15 is 0 Å². The Morgan fingerprint density at radius 2 is 2.20 bits per heavy atom. The van der Waals surface area contributed by atoms with E-state index in [0.29, 0.717) is 5.92 Å². The molecule has 0 spiro atoms. The van der Waals surface area contributed by atoms with Crippen LogP contribution in [0, 0.1) is 5.92 Å². The lowest BCUT2D eigenvalue weighted by Gasteiger charge is -2.33. The molecular formula is C11H22N2O2. The summed E-state index contributed by atoms with van der Waals surface area (Å²) in [5, 5.41) is 9.09. The van der Waals surface area contributed by atoms with E-state index in [4.69, 9.17) is 5.11 Å². The topological polar surface area (TPSA) is 43.8 Å². The zero-order chi connectivity index (χ0) is 11.6. The lowest BCUT2D eigenvalue weighted by molar-refractivity contribution is -0.148. The van der Waals surface area contributed by atoms with Gasteiger partial charge in [-0.1, -0.05) is 0 Å². The van der Waals surface area contributed by atoms with Crippen LogP contribution >= 0.6 is 0 Å². The molecule has 0 aromatic heterocycles. The van der Waals surface area contributed by atoms with Crippen LogP contribution in [0.15, 0.2) is 0 Å². The van der Waals surface area contributed by atoms with Gasteiger partial charge in [0.2, 0.25) is 0 Å². The molecule has 1 saturated heterocycles. The first-order valence-electron chi connectivity index (χ1n) is 5.47. The SMILES string of the molecule is CN1CCC(CN(C)C(C)(C)C(=O)O)C1. The second kappa shape index (κ2) is 4.49. The van der Waals surface area contributed by atoms with Crippen LogP contribution in [-0.2, 0) is 4.79 Å². The van der Waals surface area contributed by atoms with Crippen molar-refractivity contribution in [2.45, 2.75) is 25.8 Å². The first-order valence-corrected chi connectivity index (χ1v) is 5.47. The number of hydrogen-bond acceptors (Lipinski definition) is 3. The predicted octanol–water partition coefficient (Wildman–Crippen LogP) is 0.733. The number of carboxylic acid groups (broad SMARTS) is 1. The quantitative estimate of drug-likeness (QED) is 0.749. The molecule has 1 aliphatic heterocycles. The van der Waals surface area contributed by atoms with Gasteiger partial charge < -0.3 is 10.0 Å².